The summed E-state index contributed by atoms with van der Waals surface area (Å²) in [6.07, 6.45) is 8.23. The van der Waals surface area contributed by atoms with Gasteiger partial charge in [-0.15, -0.1) is 0 Å². The van der Waals surface area contributed by atoms with Gasteiger partial charge in [0.1, 0.15) is 0 Å². The van der Waals surface area contributed by atoms with Gasteiger partial charge in [0.15, 0.2) is 0 Å². The van der Waals surface area contributed by atoms with E-state index in [0.29, 0.717) is 6.61 Å². The van der Waals surface area contributed by atoms with Crippen LogP contribution in [0.2, 0.25) is 0 Å². The third-order valence-electron chi connectivity index (χ3n) is 3.82. The van der Waals surface area contributed by atoms with E-state index in [4.69, 9.17) is 4.74 Å². The quantitative estimate of drug-likeness (QED) is 0.680. The lowest BCUT2D eigenvalue weighted by Gasteiger charge is -2.20. The van der Waals surface area contributed by atoms with Crippen molar-refractivity contribution in [2.75, 3.05) is 33.1 Å². The molecule has 0 atom stereocenters. The molecule has 21 heavy (non-hydrogen) atoms. The number of nitrogens with one attached hydrogen (secondary N) is 1. The smallest absolute Gasteiger partial charge is 0.221 e. The number of carbonyl (C=O) groups is 1. The van der Waals surface area contributed by atoms with Crippen molar-refractivity contribution in [1.82, 2.24) is 9.62 Å². The standard InChI is InChI=1S/C14H28N2O4S/c1-20-12-11-16(21(2,18)19)10-9-14(17)15-13-7-5-3-4-6-8-13/h13H,3-12H2,1-2H3,(H,15,17). The summed E-state index contributed by atoms with van der Waals surface area (Å²) < 4.78 is 29.4. The first-order valence-electron chi connectivity index (χ1n) is 7.67. The number of hydrogen-bond acceptors (Lipinski definition) is 4. The molecule has 1 rings (SSSR count). The van der Waals surface area contributed by atoms with Gasteiger partial charge in [0.25, 0.3) is 0 Å². The van der Waals surface area contributed by atoms with Crippen LogP contribution < -0.4 is 5.32 Å². The van der Waals surface area contributed by atoms with Crippen molar-refractivity contribution in [3.05, 3.63) is 0 Å². The first-order valence-corrected chi connectivity index (χ1v) is 9.51. The van der Waals surface area contributed by atoms with E-state index in [9.17, 15) is 13.2 Å². The molecule has 6 nitrogen and oxygen atoms in total. The van der Waals surface area contributed by atoms with Gasteiger partial charge in [0.2, 0.25) is 15.9 Å². The molecule has 0 aromatic rings. The largest absolute Gasteiger partial charge is 0.383 e. The molecular formula is C14H28N2O4S. The fourth-order valence-corrected chi connectivity index (χ4v) is 3.42. The molecule has 0 aromatic carbocycles. The molecule has 0 spiro atoms. The molecule has 1 amide bonds. The Morgan fingerprint density at radius 2 is 1.81 bits per heavy atom. The molecule has 1 aliphatic carbocycles. The first-order chi connectivity index (χ1) is 9.93. The van der Waals surface area contributed by atoms with Crippen molar-refractivity contribution in [3.63, 3.8) is 0 Å². The van der Waals surface area contributed by atoms with E-state index in [2.05, 4.69) is 5.32 Å². The van der Waals surface area contributed by atoms with Gasteiger partial charge in [0.05, 0.1) is 12.9 Å². The van der Waals surface area contributed by atoms with Crippen molar-refractivity contribution in [2.24, 2.45) is 0 Å². The minimum absolute atomic E-state index is 0.0621. The number of amides is 1. The van der Waals surface area contributed by atoms with E-state index in [1.807, 2.05) is 0 Å². The monoisotopic (exact) mass is 320 g/mol. The molecule has 0 aromatic heterocycles. The summed E-state index contributed by atoms with van der Waals surface area (Å²) in [6, 6.07) is 0.255. The SMILES string of the molecule is COCCN(CCC(=O)NC1CCCCCC1)S(C)(=O)=O. The zero-order chi connectivity index (χ0) is 15.7. The van der Waals surface area contributed by atoms with Crippen LogP contribution in [0.15, 0.2) is 0 Å². The minimum Gasteiger partial charge on any atom is -0.383 e. The molecular weight excluding hydrogens is 292 g/mol. The normalized spacial score (nSPS) is 17.7. The van der Waals surface area contributed by atoms with Crippen LogP contribution in [0.3, 0.4) is 0 Å². The number of nitrogens with zero attached hydrogens (tertiary/aromatic N) is 1. The maximum atomic E-state index is 12.0. The predicted molar refractivity (Wildman–Crippen MR) is 82.5 cm³/mol. The van der Waals surface area contributed by atoms with Gasteiger partial charge in [-0.05, 0) is 12.8 Å². The van der Waals surface area contributed by atoms with Crippen molar-refractivity contribution in [3.8, 4) is 0 Å². The molecule has 0 radical (unpaired) electrons. The summed E-state index contributed by atoms with van der Waals surface area (Å²) >= 11 is 0. The van der Waals surface area contributed by atoms with Crippen molar-refractivity contribution < 1.29 is 17.9 Å². The van der Waals surface area contributed by atoms with E-state index >= 15 is 0 Å². The Morgan fingerprint density at radius 3 is 2.33 bits per heavy atom. The van der Waals surface area contributed by atoms with Crippen LogP contribution in [0.5, 0.6) is 0 Å². The fourth-order valence-electron chi connectivity index (χ4n) is 2.59. The van der Waals surface area contributed by atoms with E-state index in [-0.39, 0.29) is 31.5 Å². The average molecular weight is 320 g/mol. The van der Waals surface area contributed by atoms with Crippen LogP contribution in [0.1, 0.15) is 44.9 Å². The Balaban J connectivity index is 2.38. The summed E-state index contributed by atoms with van der Waals surface area (Å²) in [5, 5.41) is 3.03. The second-order valence-corrected chi connectivity index (χ2v) is 7.64. The van der Waals surface area contributed by atoms with Gasteiger partial charge in [-0.1, -0.05) is 25.7 Å². The van der Waals surface area contributed by atoms with Crippen LogP contribution >= 0.6 is 0 Å². The number of rotatable bonds is 8. The second kappa shape index (κ2) is 9.38. The van der Waals surface area contributed by atoms with Crippen LogP contribution in [-0.4, -0.2) is 57.7 Å². The van der Waals surface area contributed by atoms with Crippen LogP contribution in [-0.2, 0) is 19.6 Å². The molecule has 0 saturated heterocycles. The molecule has 0 heterocycles. The predicted octanol–water partition coefficient (Wildman–Crippen LogP) is 1.12. The van der Waals surface area contributed by atoms with E-state index in [1.165, 1.54) is 24.3 Å². The van der Waals surface area contributed by atoms with Crippen molar-refractivity contribution >= 4 is 15.9 Å². The Labute approximate surface area is 128 Å². The highest BCUT2D eigenvalue weighted by Crippen LogP contribution is 2.17. The van der Waals surface area contributed by atoms with Crippen molar-refractivity contribution in [1.29, 1.82) is 0 Å². The molecule has 1 saturated carbocycles. The summed E-state index contributed by atoms with van der Waals surface area (Å²) in [4.78, 5) is 12.0. The molecule has 0 aliphatic heterocycles. The fraction of sp³-hybridized carbons (Fsp3) is 0.929. The lowest BCUT2D eigenvalue weighted by molar-refractivity contribution is -0.122. The summed E-state index contributed by atoms with van der Waals surface area (Å²) in [7, 11) is -1.77. The highest BCUT2D eigenvalue weighted by Gasteiger charge is 2.19. The molecule has 7 heteroatoms. The number of carbonyl (C=O) groups excluding carboxylic acids is 1. The Kier molecular flexibility index (Phi) is 8.21. The Hall–Kier alpha value is -0.660. The topological polar surface area (TPSA) is 75.7 Å². The third-order valence-corrected chi connectivity index (χ3v) is 5.13. The molecule has 0 bridgehead atoms. The highest BCUT2D eigenvalue weighted by atomic mass is 32.2. The third kappa shape index (κ3) is 7.78. The van der Waals surface area contributed by atoms with Crippen LogP contribution in [0.4, 0.5) is 0 Å². The van der Waals surface area contributed by atoms with Gasteiger partial charge in [-0.2, -0.15) is 4.31 Å². The van der Waals surface area contributed by atoms with Gasteiger partial charge >= 0.3 is 0 Å². The number of sulfonamides is 1. The number of methoxy groups -OCH3 is 1. The average Bonchev–Trinajstić information content (AvgIpc) is 2.65. The Bertz CT molecular complexity index is 403. The molecule has 124 valence electrons. The van der Waals surface area contributed by atoms with Gasteiger partial charge < -0.3 is 10.1 Å². The summed E-state index contributed by atoms with van der Waals surface area (Å²) in [6.45, 7) is 0.824. The molecule has 1 fully saturated rings. The number of ether oxygens (including phenoxy) is 1. The molecule has 1 aliphatic rings. The maximum Gasteiger partial charge on any atom is 0.221 e. The van der Waals surface area contributed by atoms with E-state index in [0.717, 1.165) is 31.9 Å². The van der Waals surface area contributed by atoms with Crippen molar-refractivity contribution in [2.45, 2.75) is 51.0 Å². The summed E-state index contributed by atoms with van der Waals surface area (Å²) in [5.74, 6) is -0.0621. The van der Waals surface area contributed by atoms with E-state index in [1.54, 1.807) is 0 Å². The van der Waals surface area contributed by atoms with Crippen LogP contribution in [0, 0.1) is 0 Å². The first kappa shape index (κ1) is 18.4. The van der Waals surface area contributed by atoms with Crippen LogP contribution in [0.25, 0.3) is 0 Å². The van der Waals surface area contributed by atoms with E-state index < -0.39 is 10.0 Å². The zero-order valence-corrected chi connectivity index (χ0v) is 14.0. The van der Waals surface area contributed by atoms with Gasteiger partial charge in [0, 0.05) is 32.7 Å². The lowest BCUT2D eigenvalue weighted by Crippen LogP contribution is -2.39. The van der Waals surface area contributed by atoms with Gasteiger partial charge in [-0.25, -0.2) is 8.42 Å². The second-order valence-electron chi connectivity index (χ2n) is 5.66. The summed E-state index contributed by atoms with van der Waals surface area (Å²) in [5.41, 5.74) is 0. The number of hydrogen-bond donors (Lipinski definition) is 1. The minimum atomic E-state index is -3.30. The van der Waals surface area contributed by atoms with Gasteiger partial charge in [-0.3, -0.25) is 4.79 Å². The molecule has 1 N–H and O–H groups in total. The Morgan fingerprint density at radius 1 is 1.19 bits per heavy atom. The maximum absolute atomic E-state index is 12.0. The lowest BCUT2D eigenvalue weighted by atomic mass is 10.1. The molecule has 0 unspecified atom stereocenters. The highest BCUT2D eigenvalue weighted by molar-refractivity contribution is 7.88. The zero-order valence-electron chi connectivity index (χ0n) is 13.1.